The molecule has 0 aromatic heterocycles. The fraction of sp³-hybridized carbons (Fsp3) is 0.462. The summed E-state index contributed by atoms with van der Waals surface area (Å²) in [5.41, 5.74) is 2.03. The first-order valence-corrected chi connectivity index (χ1v) is 5.48. The van der Waals surface area contributed by atoms with E-state index in [1.807, 2.05) is 25.1 Å². The predicted octanol–water partition coefficient (Wildman–Crippen LogP) is 1.56. The molecule has 4 heteroatoms. The maximum atomic E-state index is 11.1. The third-order valence-electron chi connectivity index (χ3n) is 2.76. The molecule has 1 rings (SSSR count). The van der Waals surface area contributed by atoms with Crippen LogP contribution in [0.4, 0.5) is 0 Å². The number of aliphatic carboxylic acids is 1. The lowest BCUT2D eigenvalue weighted by Crippen LogP contribution is -2.37. The Balaban J connectivity index is 2.99. The van der Waals surface area contributed by atoms with Crippen LogP contribution in [0.3, 0.4) is 0 Å². The Morgan fingerprint density at radius 3 is 2.59 bits per heavy atom. The van der Waals surface area contributed by atoms with Crippen LogP contribution >= 0.6 is 0 Å². The van der Waals surface area contributed by atoms with Crippen molar-refractivity contribution in [3.8, 4) is 5.75 Å². The Hall–Kier alpha value is -1.55. The monoisotopic (exact) mass is 237 g/mol. The van der Waals surface area contributed by atoms with Gasteiger partial charge in [-0.05, 0) is 32.6 Å². The first kappa shape index (κ1) is 13.5. The molecular weight excluding hydrogens is 218 g/mol. The molecule has 0 aliphatic heterocycles. The van der Waals surface area contributed by atoms with Gasteiger partial charge in [-0.25, -0.2) is 0 Å². The van der Waals surface area contributed by atoms with Crippen molar-refractivity contribution in [2.75, 3.05) is 21.2 Å². The van der Waals surface area contributed by atoms with E-state index in [1.165, 1.54) is 0 Å². The van der Waals surface area contributed by atoms with Crippen molar-refractivity contribution >= 4 is 5.97 Å². The lowest BCUT2D eigenvalue weighted by molar-refractivity contribution is -0.142. The van der Waals surface area contributed by atoms with Gasteiger partial charge in [-0.15, -0.1) is 0 Å². The number of ether oxygens (including phenoxy) is 1. The van der Waals surface area contributed by atoms with Gasteiger partial charge >= 0.3 is 5.97 Å². The van der Waals surface area contributed by atoms with Gasteiger partial charge in [-0.2, -0.15) is 0 Å². The van der Waals surface area contributed by atoms with Crippen LogP contribution in [-0.2, 0) is 11.2 Å². The van der Waals surface area contributed by atoms with Crippen molar-refractivity contribution in [2.24, 2.45) is 0 Å². The minimum Gasteiger partial charge on any atom is -0.496 e. The van der Waals surface area contributed by atoms with Crippen molar-refractivity contribution in [1.82, 2.24) is 4.90 Å². The number of carboxylic acid groups (broad SMARTS) is 1. The van der Waals surface area contributed by atoms with Crippen molar-refractivity contribution in [3.05, 3.63) is 29.3 Å². The molecule has 4 nitrogen and oxygen atoms in total. The highest BCUT2D eigenvalue weighted by molar-refractivity contribution is 5.74. The summed E-state index contributed by atoms with van der Waals surface area (Å²) in [6.45, 7) is 1.98. The molecule has 0 saturated carbocycles. The second kappa shape index (κ2) is 5.68. The van der Waals surface area contributed by atoms with Crippen molar-refractivity contribution in [2.45, 2.75) is 19.4 Å². The number of carboxylic acids is 1. The number of aryl methyl sites for hydroxylation is 1. The normalized spacial score (nSPS) is 12.5. The quantitative estimate of drug-likeness (QED) is 0.844. The zero-order chi connectivity index (χ0) is 13.0. The highest BCUT2D eigenvalue weighted by atomic mass is 16.5. The molecule has 17 heavy (non-hydrogen) atoms. The van der Waals surface area contributed by atoms with E-state index in [0.717, 1.165) is 16.9 Å². The SMILES string of the molecule is COc1ccc(C)cc1C[C@@H](C(=O)O)N(C)C. The number of hydrogen-bond acceptors (Lipinski definition) is 3. The van der Waals surface area contributed by atoms with Crippen molar-refractivity contribution in [1.29, 1.82) is 0 Å². The Morgan fingerprint density at radius 1 is 1.47 bits per heavy atom. The Labute approximate surface area is 102 Å². The molecular formula is C13H19NO3. The van der Waals surface area contributed by atoms with Crippen molar-refractivity contribution < 1.29 is 14.6 Å². The highest BCUT2D eigenvalue weighted by Crippen LogP contribution is 2.22. The number of benzene rings is 1. The number of rotatable bonds is 5. The topological polar surface area (TPSA) is 49.8 Å². The van der Waals surface area contributed by atoms with Gasteiger partial charge in [-0.1, -0.05) is 17.7 Å². The smallest absolute Gasteiger partial charge is 0.321 e. The minimum atomic E-state index is -0.821. The van der Waals surface area contributed by atoms with Gasteiger partial charge in [0.1, 0.15) is 11.8 Å². The molecule has 0 spiro atoms. The largest absolute Gasteiger partial charge is 0.496 e. The second-order valence-electron chi connectivity index (χ2n) is 4.34. The van der Waals surface area contributed by atoms with Crippen LogP contribution < -0.4 is 4.74 Å². The van der Waals surface area contributed by atoms with Gasteiger partial charge in [0.05, 0.1) is 7.11 Å². The fourth-order valence-electron chi connectivity index (χ4n) is 1.77. The summed E-state index contributed by atoms with van der Waals surface area (Å²) in [4.78, 5) is 12.8. The van der Waals surface area contributed by atoms with Gasteiger partial charge in [0.2, 0.25) is 0 Å². The molecule has 0 aliphatic rings. The van der Waals surface area contributed by atoms with Gasteiger partial charge in [0, 0.05) is 6.42 Å². The first-order valence-electron chi connectivity index (χ1n) is 5.48. The molecule has 0 radical (unpaired) electrons. The van der Waals surface area contributed by atoms with E-state index < -0.39 is 12.0 Å². The van der Waals surface area contributed by atoms with E-state index in [0.29, 0.717) is 6.42 Å². The summed E-state index contributed by atoms with van der Waals surface area (Å²) in [5, 5.41) is 9.16. The Kier molecular flexibility index (Phi) is 4.52. The van der Waals surface area contributed by atoms with Crippen LogP contribution in [-0.4, -0.2) is 43.2 Å². The van der Waals surface area contributed by atoms with E-state index >= 15 is 0 Å². The van der Waals surface area contributed by atoms with Gasteiger partial charge in [-0.3, -0.25) is 9.69 Å². The molecule has 0 fully saturated rings. The van der Waals surface area contributed by atoms with Gasteiger partial charge < -0.3 is 9.84 Å². The maximum Gasteiger partial charge on any atom is 0.321 e. The number of methoxy groups -OCH3 is 1. The van der Waals surface area contributed by atoms with Crippen LogP contribution in [0.2, 0.25) is 0 Å². The van der Waals surface area contributed by atoms with E-state index in [9.17, 15) is 4.79 Å². The lowest BCUT2D eigenvalue weighted by atomic mass is 10.0. The van der Waals surface area contributed by atoms with Gasteiger partial charge in [0.25, 0.3) is 0 Å². The van der Waals surface area contributed by atoms with Crippen LogP contribution in [0.1, 0.15) is 11.1 Å². The third-order valence-corrected chi connectivity index (χ3v) is 2.76. The summed E-state index contributed by atoms with van der Waals surface area (Å²) in [7, 11) is 5.13. The summed E-state index contributed by atoms with van der Waals surface area (Å²) < 4.78 is 5.25. The second-order valence-corrected chi connectivity index (χ2v) is 4.34. The average molecular weight is 237 g/mol. The number of likely N-dealkylation sites (N-methyl/N-ethyl adjacent to an activating group) is 1. The molecule has 1 aromatic rings. The minimum absolute atomic E-state index is 0.438. The fourth-order valence-corrected chi connectivity index (χ4v) is 1.77. The molecule has 94 valence electrons. The zero-order valence-corrected chi connectivity index (χ0v) is 10.7. The van der Waals surface area contributed by atoms with Crippen molar-refractivity contribution in [3.63, 3.8) is 0 Å². The number of hydrogen-bond donors (Lipinski definition) is 1. The summed E-state index contributed by atoms with van der Waals surface area (Å²) in [5.74, 6) is -0.0812. The van der Waals surface area contributed by atoms with E-state index in [1.54, 1.807) is 26.1 Å². The van der Waals surface area contributed by atoms with E-state index in [-0.39, 0.29) is 0 Å². The molecule has 1 N–H and O–H groups in total. The zero-order valence-electron chi connectivity index (χ0n) is 10.7. The van der Waals surface area contributed by atoms with Crippen LogP contribution in [0, 0.1) is 6.92 Å². The number of nitrogens with zero attached hydrogens (tertiary/aromatic N) is 1. The van der Waals surface area contributed by atoms with E-state index in [4.69, 9.17) is 9.84 Å². The number of carbonyl (C=O) groups is 1. The Morgan fingerprint density at radius 2 is 2.12 bits per heavy atom. The molecule has 0 bridgehead atoms. The maximum absolute atomic E-state index is 11.1. The lowest BCUT2D eigenvalue weighted by Gasteiger charge is -2.21. The molecule has 0 aliphatic carbocycles. The molecule has 1 aromatic carbocycles. The standard InChI is InChI=1S/C13H19NO3/c1-9-5-6-12(17-4)10(7-9)8-11(13(15)16)14(2)3/h5-7,11H,8H2,1-4H3,(H,15,16)/t11-/m0/s1. The van der Waals surface area contributed by atoms with Crippen LogP contribution in [0.15, 0.2) is 18.2 Å². The predicted molar refractivity (Wildman–Crippen MR) is 66.5 cm³/mol. The summed E-state index contributed by atoms with van der Waals surface area (Å²) in [6.07, 6.45) is 0.438. The molecule has 0 amide bonds. The third kappa shape index (κ3) is 3.46. The molecule has 0 heterocycles. The summed E-state index contributed by atoms with van der Waals surface area (Å²) in [6, 6.07) is 5.26. The van der Waals surface area contributed by atoms with Crippen LogP contribution in [0.25, 0.3) is 0 Å². The van der Waals surface area contributed by atoms with E-state index in [2.05, 4.69) is 0 Å². The first-order chi connectivity index (χ1) is 7.95. The Bertz CT molecular complexity index is 402. The molecule has 1 atom stereocenters. The highest BCUT2D eigenvalue weighted by Gasteiger charge is 2.21. The van der Waals surface area contributed by atoms with Crippen LogP contribution in [0.5, 0.6) is 5.75 Å². The summed E-state index contributed by atoms with van der Waals surface area (Å²) >= 11 is 0. The van der Waals surface area contributed by atoms with Gasteiger partial charge in [0.15, 0.2) is 0 Å². The average Bonchev–Trinajstić information content (AvgIpc) is 2.25. The molecule has 0 unspecified atom stereocenters. The molecule has 0 saturated heterocycles.